The second-order valence-corrected chi connectivity index (χ2v) is 4.39. The number of thiocarbonyl (C=S) groups is 1. The number of anilines is 1. The molecule has 2 heteroatoms. The first-order chi connectivity index (χ1) is 6.52. The van der Waals surface area contributed by atoms with Crippen LogP contribution in [0.4, 0.5) is 5.69 Å². The molecule has 0 radical (unpaired) electrons. The molecule has 14 heavy (non-hydrogen) atoms. The Balaban J connectivity index is 2.91. The maximum Gasteiger partial charge on any atom is 0.0545 e. The topological polar surface area (TPSA) is 12.0 Å². The van der Waals surface area contributed by atoms with Crippen LogP contribution in [-0.4, -0.2) is 10.9 Å². The van der Waals surface area contributed by atoms with Gasteiger partial charge in [0.05, 0.1) is 6.04 Å². The lowest BCUT2D eigenvalue weighted by Gasteiger charge is -2.18. The first-order valence-corrected chi connectivity index (χ1v) is 5.26. The Kier molecular flexibility index (Phi) is 3.64. The number of nitrogens with one attached hydrogen (secondary N) is 1. The minimum absolute atomic E-state index is 0.254. The molecule has 1 N–H and O–H groups in total. The van der Waals surface area contributed by atoms with Gasteiger partial charge < -0.3 is 5.32 Å². The highest BCUT2D eigenvalue weighted by molar-refractivity contribution is 7.80. The lowest BCUT2D eigenvalue weighted by atomic mass is 10.1. The Hall–Kier alpha value is -0.890. The van der Waals surface area contributed by atoms with Crippen molar-refractivity contribution in [1.82, 2.24) is 0 Å². The fourth-order valence-corrected chi connectivity index (χ4v) is 1.42. The average Bonchev–Trinajstić information content (AvgIpc) is 2.11. The molecule has 0 spiro atoms. The van der Waals surface area contributed by atoms with Crippen molar-refractivity contribution in [2.45, 2.75) is 33.7 Å². The van der Waals surface area contributed by atoms with Crippen LogP contribution in [0.1, 0.15) is 25.0 Å². The molecule has 0 heterocycles. The molecule has 76 valence electrons. The molecule has 1 nitrogen and oxygen atoms in total. The molecular weight excluding hydrogens is 190 g/mol. The molecule has 0 saturated carbocycles. The minimum atomic E-state index is 0.254. The lowest BCUT2D eigenvalue weighted by molar-refractivity contribution is 1.05. The van der Waals surface area contributed by atoms with Gasteiger partial charge >= 0.3 is 0 Å². The quantitative estimate of drug-likeness (QED) is 0.761. The van der Waals surface area contributed by atoms with Gasteiger partial charge in [-0.1, -0.05) is 30.4 Å². The van der Waals surface area contributed by atoms with Crippen molar-refractivity contribution in [2.24, 2.45) is 0 Å². The Morgan fingerprint density at radius 1 is 1.29 bits per heavy atom. The standard InChI is InChI=1S/C12H17NS/c1-8-6-5-7-9(2)12(8)13-10(3)11(4)14/h5-7,10,13H,1-4H3. The van der Waals surface area contributed by atoms with Crippen LogP contribution < -0.4 is 5.32 Å². The van der Waals surface area contributed by atoms with Crippen molar-refractivity contribution < 1.29 is 0 Å². The predicted molar refractivity (Wildman–Crippen MR) is 67.3 cm³/mol. The van der Waals surface area contributed by atoms with Gasteiger partial charge in [-0.2, -0.15) is 0 Å². The van der Waals surface area contributed by atoms with Crippen LogP contribution in [0.15, 0.2) is 18.2 Å². The highest BCUT2D eigenvalue weighted by Gasteiger charge is 2.07. The molecule has 0 aromatic heterocycles. The van der Waals surface area contributed by atoms with Crippen LogP contribution in [0, 0.1) is 13.8 Å². The fourth-order valence-electron chi connectivity index (χ4n) is 1.36. The molecule has 0 amide bonds. The molecule has 1 aromatic carbocycles. The van der Waals surface area contributed by atoms with Crippen LogP contribution in [-0.2, 0) is 0 Å². The van der Waals surface area contributed by atoms with E-state index >= 15 is 0 Å². The van der Waals surface area contributed by atoms with Crippen LogP contribution in [0.2, 0.25) is 0 Å². The molecule has 0 bridgehead atoms. The van der Waals surface area contributed by atoms with E-state index in [-0.39, 0.29) is 6.04 Å². The molecule has 0 aliphatic heterocycles. The third-order valence-electron chi connectivity index (χ3n) is 2.45. The van der Waals surface area contributed by atoms with Gasteiger partial charge in [-0.05, 0) is 38.8 Å². The van der Waals surface area contributed by atoms with Crippen molar-refractivity contribution in [3.05, 3.63) is 29.3 Å². The zero-order valence-corrected chi connectivity index (χ0v) is 10.0. The molecule has 0 aliphatic carbocycles. The smallest absolute Gasteiger partial charge is 0.0545 e. The second kappa shape index (κ2) is 4.56. The number of hydrogen-bond acceptors (Lipinski definition) is 2. The zero-order chi connectivity index (χ0) is 10.7. The normalized spacial score (nSPS) is 12.3. The van der Waals surface area contributed by atoms with Crippen molar-refractivity contribution >= 4 is 22.8 Å². The first kappa shape index (κ1) is 11.2. The highest BCUT2D eigenvalue weighted by atomic mass is 32.1. The van der Waals surface area contributed by atoms with Crippen molar-refractivity contribution in [1.29, 1.82) is 0 Å². The third-order valence-corrected chi connectivity index (χ3v) is 2.81. The summed E-state index contributed by atoms with van der Waals surface area (Å²) in [5.41, 5.74) is 3.76. The van der Waals surface area contributed by atoms with E-state index in [4.69, 9.17) is 12.2 Å². The van der Waals surface area contributed by atoms with Gasteiger partial charge in [-0.25, -0.2) is 0 Å². The van der Waals surface area contributed by atoms with E-state index in [1.807, 2.05) is 6.92 Å². The van der Waals surface area contributed by atoms with Crippen molar-refractivity contribution in [3.8, 4) is 0 Å². The summed E-state index contributed by atoms with van der Waals surface area (Å²) in [6.07, 6.45) is 0. The first-order valence-electron chi connectivity index (χ1n) is 4.85. The molecule has 0 fully saturated rings. The number of benzene rings is 1. The summed E-state index contributed by atoms with van der Waals surface area (Å²) in [6.45, 7) is 8.29. The van der Waals surface area contributed by atoms with Crippen LogP contribution >= 0.6 is 12.2 Å². The number of para-hydroxylation sites is 1. The highest BCUT2D eigenvalue weighted by Crippen LogP contribution is 2.20. The van der Waals surface area contributed by atoms with E-state index < -0.39 is 0 Å². The summed E-state index contributed by atoms with van der Waals surface area (Å²) in [4.78, 5) is 0.993. The monoisotopic (exact) mass is 207 g/mol. The maximum absolute atomic E-state index is 5.14. The zero-order valence-electron chi connectivity index (χ0n) is 9.22. The summed E-state index contributed by atoms with van der Waals surface area (Å²) in [6, 6.07) is 6.55. The van der Waals surface area contributed by atoms with Gasteiger partial charge in [0.1, 0.15) is 0 Å². The van der Waals surface area contributed by atoms with Crippen LogP contribution in [0.3, 0.4) is 0 Å². The van der Waals surface area contributed by atoms with Gasteiger partial charge in [0.2, 0.25) is 0 Å². The fraction of sp³-hybridized carbons (Fsp3) is 0.417. The molecule has 0 saturated heterocycles. The molecule has 0 aliphatic rings. The van der Waals surface area contributed by atoms with E-state index in [1.165, 1.54) is 16.8 Å². The Bertz CT molecular complexity index is 324. The van der Waals surface area contributed by atoms with Gasteiger partial charge in [0, 0.05) is 10.6 Å². The molecule has 1 unspecified atom stereocenters. The van der Waals surface area contributed by atoms with Crippen molar-refractivity contribution in [3.63, 3.8) is 0 Å². The van der Waals surface area contributed by atoms with E-state index in [2.05, 4.69) is 44.3 Å². The summed E-state index contributed by atoms with van der Waals surface area (Å²) < 4.78 is 0. The summed E-state index contributed by atoms with van der Waals surface area (Å²) in [5.74, 6) is 0. The number of hydrogen-bond donors (Lipinski definition) is 1. The van der Waals surface area contributed by atoms with Gasteiger partial charge in [0.15, 0.2) is 0 Å². The molecule has 1 atom stereocenters. The maximum atomic E-state index is 5.14. The lowest BCUT2D eigenvalue weighted by Crippen LogP contribution is -2.23. The Labute approximate surface area is 91.5 Å². The molecule has 1 aromatic rings. The van der Waals surface area contributed by atoms with Gasteiger partial charge in [-0.3, -0.25) is 0 Å². The van der Waals surface area contributed by atoms with Gasteiger partial charge in [0.25, 0.3) is 0 Å². The third kappa shape index (κ3) is 2.55. The molecular formula is C12H17NS. The van der Waals surface area contributed by atoms with E-state index in [9.17, 15) is 0 Å². The van der Waals surface area contributed by atoms with Gasteiger partial charge in [-0.15, -0.1) is 0 Å². The SMILES string of the molecule is CC(=S)C(C)Nc1c(C)cccc1C. The predicted octanol–water partition coefficient (Wildman–Crippen LogP) is 3.49. The van der Waals surface area contributed by atoms with Crippen LogP contribution in [0.25, 0.3) is 0 Å². The second-order valence-electron chi connectivity index (χ2n) is 3.74. The largest absolute Gasteiger partial charge is 0.378 e. The van der Waals surface area contributed by atoms with Crippen LogP contribution in [0.5, 0.6) is 0 Å². The average molecular weight is 207 g/mol. The van der Waals surface area contributed by atoms with E-state index in [0.29, 0.717) is 0 Å². The summed E-state index contributed by atoms with van der Waals surface area (Å²) in [7, 11) is 0. The number of rotatable bonds is 3. The molecule has 1 rings (SSSR count). The summed E-state index contributed by atoms with van der Waals surface area (Å²) >= 11 is 5.14. The van der Waals surface area contributed by atoms with Crippen molar-refractivity contribution in [2.75, 3.05) is 5.32 Å². The summed E-state index contributed by atoms with van der Waals surface area (Å²) in [5, 5.41) is 3.44. The van der Waals surface area contributed by atoms with E-state index in [0.717, 1.165) is 4.86 Å². The minimum Gasteiger partial charge on any atom is -0.378 e. The van der Waals surface area contributed by atoms with E-state index in [1.54, 1.807) is 0 Å². The Morgan fingerprint density at radius 2 is 1.79 bits per heavy atom. The number of aryl methyl sites for hydroxylation is 2. The Morgan fingerprint density at radius 3 is 2.21 bits per heavy atom.